The molecule has 1 aliphatic rings. The van der Waals surface area contributed by atoms with Gasteiger partial charge in [-0.15, -0.1) is 11.3 Å². The molecule has 0 fully saturated rings. The van der Waals surface area contributed by atoms with E-state index in [0.717, 1.165) is 47.7 Å². The number of nitro groups is 1. The number of hydrogen-bond acceptors (Lipinski definition) is 7. The summed E-state index contributed by atoms with van der Waals surface area (Å²) in [5.41, 5.74) is 4.74. The van der Waals surface area contributed by atoms with Crippen molar-refractivity contribution in [2.75, 3.05) is 6.54 Å². The van der Waals surface area contributed by atoms with Crippen molar-refractivity contribution in [3.63, 3.8) is 0 Å². The van der Waals surface area contributed by atoms with E-state index >= 15 is 0 Å². The monoisotopic (exact) mass is 508 g/mol. The van der Waals surface area contributed by atoms with Gasteiger partial charge in [-0.2, -0.15) is 5.26 Å². The molecule has 37 heavy (non-hydrogen) atoms. The first-order chi connectivity index (χ1) is 18.1. The van der Waals surface area contributed by atoms with Crippen LogP contribution in [0.3, 0.4) is 0 Å². The maximum Gasteiger partial charge on any atom is 0.269 e. The standard InChI is InChI=1S/C29H24N4O3S/c30-16-26-25-14-15-32(18-21-6-2-1-3-7-21)19-28(25)37-29(26)31-17-23-8-4-5-9-27(23)36-20-22-10-12-24(13-11-22)33(34)35/h1-13,17H,14-15,18-20H2. The lowest BCUT2D eigenvalue weighted by atomic mass is 10.0. The number of fused-ring (bicyclic) bond motifs is 1. The molecule has 5 rings (SSSR count). The lowest BCUT2D eigenvalue weighted by molar-refractivity contribution is -0.384. The third kappa shape index (κ3) is 5.75. The smallest absolute Gasteiger partial charge is 0.269 e. The minimum absolute atomic E-state index is 0.0476. The maximum atomic E-state index is 10.9. The lowest BCUT2D eigenvalue weighted by Crippen LogP contribution is -2.29. The van der Waals surface area contributed by atoms with E-state index in [-0.39, 0.29) is 12.3 Å². The van der Waals surface area contributed by atoms with Crippen molar-refractivity contribution in [2.45, 2.75) is 26.1 Å². The summed E-state index contributed by atoms with van der Waals surface area (Å²) >= 11 is 1.58. The molecular weight excluding hydrogens is 484 g/mol. The van der Waals surface area contributed by atoms with Gasteiger partial charge in [0.05, 0.1) is 10.5 Å². The highest BCUT2D eigenvalue weighted by Crippen LogP contribution is 2.39. The Bertz CT molecular complexity index is 1470. The van der Waals surface area contributed by atoms with Crippen molar-refractivity contribution in [1.29, 1.82) is 5.26 Å². The molecule has 0 N–H and O–H groups in total. The molecule has 1 aliphatic heterocycles. The zero-order valence-corrected chi connectivity index (χ0v) is 20.9. The van der Waals surface area contributed by atoms with Crippen LogP contribution in [-0.2, 0) is 26.1 Å². The first-order valence-corrected chi connectivity index (χ1v) is 12.7. The molecule has 3 aromatic carbocycles. The van der Waals surface area contributed by atoms with Gasteiger partial charge in [0, 0.05) is 48.4 Å². The van der Waals surface area contributed by atoms with Crippen molar-refractivity contribution >= 4 is 28.2 Å². The summed E-state index contributed by atoms with van der Waals surface area (Å²) in [6, 6.07) is 26.7. The van der Waals surface area contributed by atoms with Crippen LogP contribution in [0.25, 0.3) is 0 Å². The van der Waals surface area contributed by atoms with E-state index in [4.69, 9.17) is 9.73 Å². The number of nitrogens with zero attached hydrogens (tertiary/aromatic N) is 4. The molecule has 0 unspecified atom stereocenters. The number of non-ortho nitro benzene ring substituents is 1. The first-order valence-electron chi connectivity index (χ1n) is 11.9. The van der Waals surface area contributed by atoms with Gasteiger partial charge in [0.1, 0.15) is 23.4 Å². The van der Waals surface area contributed by atoms with E-state index in [9.17, 15) is 15.4 Å². The van der Waals surface area contributed by atoms with E-state index in [1.54, 1.807) is 29.7 Å². The SMILES string of the molecule is N#Cc1c(N=Cc2ccccc2OCc2ccc([N+](=O)[O-])cc2)sc2c1CCN(Cc1ccccc1)C2. The second kappa shape index (κ2) is 11.2. The van der Waals surface area contributed by atoms with Crippen LogP contribution in [-0.4, -0.2) is 22.6 Å². The fraction of sp³-hybridized carbons (Fsp3) is 0.172. The second-order valence-corrected chi connectivity index (χ2v) is 9.83. The quantitative estimate of drug-likeness (QED) is 0.156. The molecule has 0 bridgehead atoms. The van der Waals surface area contributed by atoms with Gasteiger partial charge in [-0.05, 0) is 47.4 Å². The number of aliphatic imine (C=N–C) groups is 1. The van der Waals surface area contributed by atoms with Crippen molar-refractivity contribution in [3.8, 4) is 11.8 Å². The summed E-state index contributed by atoms with van der Waals surface area (Å²) < 4.78 is 5.99. The largest absolute Gasteiger partial charge is 0.488 e. The van der Waals surface area contributed by atoms with E-state index in [1.165, 1.54) is 22.6 Å². The second-order valence-electron chi connectivity index (χ2n) is 8.75. The Morgan fingerprint density at radius 1 is 1.05 bits per heavy atom. The molecule has 2 heterocycles. The van der Waals surface area contributed by atoms with Crippen LogP contribution >= 0.6 is 11.3 Å². The van der Waals surface area contributed by atoms with Crippen LogP contribution in [0.1, 0.15) is 32.7 Å². The fourth-order valence-corrected chi connectivity index (χ4v) is 5.53. The molecule has 0 amide bonds. The highest BCUT2D eigenvalue weighted by Gasteiger charge is 2.24. The number of benzene rings is 3. The Hall–Kier alpha value is -4.32. The number of nitro benzene ring substituents is 1. The minimum Gasteiger partial charge on any atom is -0.488 e. The Labute approximate surface area is 219 Å². The van der Waals surface area contributed by atoms with Crippen molar-refractivity contribution < 1.29 is 9.66 Å². The summed E-state index contributed by atoms with van der Waals surface area (Å²) in [6.07, 6.45) is 2.58. The summed E-state index contributed by atoms with van der Waals surface area (Å²) in [5, 5.41) is 21.5. The van der Waals surface area contributed by atoms with Crippen molar-refractivity contribution in [1.82, 2.24) is 4.90 Å². The minimum atomic E-state index is -0.421. The highest BCUT2D eigenvalue weighted by molar-refractivity contribution is 7.16. The molecule has 0 saturated heterocycles. The van der Waals surface area contributed by atoms with Crippen LogP contribution in [0.2, 0.25) is 0 Å². The molecule has 0 atom stereocenters. The summed E-state index contributed by atoms with van der Waals surface area (Å²) in [5.74, 6) is 0.651. The van der Waals surface area contributed by atoms with Crippen LogP contribution in [0.4, 0.5) is 10.7 Å². The normalized spacial score (nSPS) is 13.3. The van der Waals surface area contributed by atoms with E-state index in [1.807, 2.05) is 30.3 Å². The van der Waals surface area contributed by atoms with Gasteiger partial charge in [-0.25, -0.2) is 4.99 Å². The first kappa shape index (κ1) is 24.4. The number of rotatable bonds is 8. The van der Waals surface area contributed by atoms with Gasteiger partial charge in [0.2, 0.25) is 0 Å². The van der Waals surface area contributed by atoms with Crippen LogP contribution < -0.4 is 4.74 Å². The predicted octanol–water partition coefficient (Wildman–Crippen LogP) is 6.42. The number of para-hydroxylation sites is 1. The Balaban J connectivity index is 1.30. The molecule has 8 heteroatoms. The third-order valence-electron chi connectivity index (χ3n) is 6.26. The summed E-state index contributed by atoms with van der Waals surface area (Å²) in [6.45, 7) is 2.89. The van der Waals surface area contributed by atoms with E-state index in [2.05, 4.69) is 35.2 Å². The van der Waals surface area contributed by atoms with Crippen molar-refractivity contribution in [3.05, 3.63) is 122 Å². The summed E-state index contributed by atoms with van der Waals surface area (Å²) in [7, 11) is 0. The summed E-state index contributed by atoms with van der Waals surface area (Å²) in [4.78, 5) is 18.8. The molecule has 0 spiro atoms. The third-order valence-corrected chi connectivity index (χ3v) is 7.38. The van der Waals surface area contributed by atoms with Gasteiger partial charge < -0.3 is 4.74 Å². The number of nitriles is 1. The number of thiophene rings is 1. The predicted molar refractivity (Wildman–Crippen MR) is 144 cm³/mol. The van der Waals surface area contributed by atoms with Gasteiger partial charge >= 0.3 is 0 Å². The van der Waals surface area contributed by atoms with Gasteiger partial charge in [0.15, 0.2) is 0 Å². The molecule has 0 radical (unpaired) electrons. The van der Waals surface area contributed by atoms with Crippen LogP contribution in [0.5, 0.6) is 5.75 Å². The molecule has 1 aromatic heterocycles. The average Bonchev–Trinajstić information content (AvgIpc) is 3.28. The fourth-order valence-electron chi connectivity index (χ4n) is 4.35. The Kier molecular flexibility index (Phi) is 7.36. The number of ether oxygens (including phenoxy) is 1. The maximum absolute atomic E-state index is 10.9. The average molecular weight is 509 g/mol. The van der Waals surface area contributed by atoms with Gasteiger partial charge in [-0.1, -0.05) is 42.5 Å². The molecule has 0 aliphatic carbocycles. The van der Waals surface area contributed by atoms with Crippen LogP contribution in [0.15, 0.2) is 83.9 Å². The number of hydrogen-bond donors (Lipinski definition) is 0. The van der Waals surface area contributed by atoms with Gasteiger partial charge in [-0.3, -0.25) is 15.0 Å². The van der Waals surface area contributed by atoms with Crippen LogP contribution in [0, 0.1) is 21.4 Å². The van der Waals surface area contributed by atoms with Gasteiger partial charge in [0.25, 0.3) is 5.69 Å². The molecular formula is C29H24N4O3S. The zero-order valence-electron chi connectivity index (χ0n) is 20.0. The van der Waals surface area contributed by atoms with Crippen molar-refractivity contribution in [2.24, 2.45) is 4.99 Å². The molecule has 0 saturated carbocycles. The topological polar surface area (TPSA) is 91.8 Å². The Morgan fingerprint density at radius 2 is 1.81 bits per heavy atom. The molecule has 7 nitrogen and oxygen atoms in total. The zero-order chi connectivity index (χ0) is 25.6. The molecule has 4 aromatic rings. The Morgan fingerprint density at radius 3 is 2.57 bits per heavy atom. The molecule has 184 valence electrons. The van der Waals surface area contributed by atoms with E-state index in [0.29, 0.717) is 11.3 Å². The lowest BCUT2D eigenvalue weighted by Gasteiger charge is -2.26. The highest BCUT2D eigenvalue weighted by atomic mass is 32.1. The van der Waals surface area contributed by atoms with E-state index < -0.39 is 4.92 Å².